The Morgan fingerprint density at radius 3 is 2.52 bits per heavy atom. The molecule has 2 heteroatoms. The van der Waals surface area contributed by atoms with Gasteiger partial charge in [-0.05, 0) is 64.2 Å². The van der Waals surface area contributed by atoms with Crippen LogP contribution in [0.25, 0.3) is 0 Å². The average molecular weight is 314 g/mol. The first-order chi connectivity index (χ1) is 11.1. The highest BCUT2D eigenvalue weighted by molar-refractivity contribution is 5.43. The Labute approximate surface area is 141 Å². The molecule has 0 aromatic heterocycles. The first-order valence-corrected chi connectivity index (χ1v) is 8.26. The van der Waals surface area contributed by atoms with Crippen molar-refractivity contribution in [2.45, 2.75) is 46.5 Å². The molecule has 1 aromatic carbocycles. The van der Waals surface area contributed by atoms with E-state index in [1.54, 1.807) is 7.11 Å². The zero-order valence-electron chi connectivity index (χ0n) is 15.0. The van der Waals surface area contributed by atoms with Crippen LogP contribution in [0.3, 0.4) is 0 Å². The summed E-state index contributed by atoms with van der Waals surface area (Å²) in [5, 5.41) is 0. The summed E-state index contributed by atoms with van der Waals surface area (Å²) >= 11 is 0. The molecule has 0 N–H and O–H groups in total. The number of hydrogen-bond donors (Lipinski definition) is 0. The maximum absolute atomic E-state index is 5.85. The lowest BCUT2D eigenvalue weighted by Crippen LogP contribution is -1.99. The van der Waals surface area contributed by atoms with Gasteiger partial charge in [-0.1, -0.05) is 35.4 Å². The van der Waals surface area contributed by atoms with Gasteiger partial charge in [0, 0.05) is 0 Å². The largest absolute Gasteiger partial charge is 0.493 e. The summed E-state index contributed by atoms with van der Waals surface area (Å²) in [6.45, 7) is 10.9. The zero-order chi connectivity index (χ0) is 17.1. The molecule has 0 aliphatic carbocycles. The van der Waals surface area contributed by atoms with Gasteiger partial charge < -0.3 is 9.47 Å². The second-order valence-electron chi connectivity index (χ2n) is 5.99. The Balaban J connectivity index is 2.46. The van der Waals surface area contributed by atoms with E-state index in [-0.39, 0.29) is 0 Å². The van der Waals surface area contributed by atoms with Crippen molar-refractivity contribution in [2.24, 2.45) is 0 Å². The highest BCUT2D eigenvalue weighted by atomic mass is 16.5. The van der Waals surface area contributed by atoms with Crippen LogP contribution in [-0.2, 0) is 6.42 Å². The Morgan fingerprint density at radius 1 is 1.09 bits per heavy atom. The molecule has 23 heavy (non-hydrogen) atoms. The van der Waals surface area contributed by atoms with Crippen LogP contribution in [0.1, 0.15) is 45.6 Å². The first kappa shape index (κ1) is 19.1. The van der Waals surface area contributed by atoms with E-state index in [1.807, 2.05) is 18.2 Å². The molecule has 0 fully saturated rings. The second kappa shape index (κ2) is 10.7. The molecule has 0 unspecified atom stereocenters. The molecule has 0 radical (unpaired) electrons. The van der Waals surface area contributed by atoms with Gasteiger partial charge in [-0.2, -0.15) is 0 Å². The minimum atomic E-state index is 0.664. The van der Waals surface area contributed by atoms with Gasteiger partial charge in [0.2, 0.25) is 0 Å². The van der Waals surface area contributed by atoms with E-state index in [0.29, 0.717) is 6.61 Å². The third-order valence-corrected chi connectivity index (χ3v) is 3.57. The molecule has 0 saturated heterocycles. The monoisotopic (exact) mass is 314 g/mol. The van der Waals surface area contributed by atoms with Crippen molar-refractivity contribution in [2.75, 3.05) is 13.7 Å². The highest BCUT2D eigenvalue weighted by Gasteiger charge is 2.04. The van der Waals surface area contributed by atoms with E-state index in [1.165, 1.54) is 16.7 Å². The molecule has 1 aromatic rings. The molecule has 126 valence electrons. The van der Waals surface area contributed by atoms with Crippen molar-refractivity contribution in [1.29, 1.82) is 0 Å². The van der Waals surface area contributed by atoms with Crippen LogP contribution < -0.4 is 9.47 Å². The van der Waals surface area contributed by atoms with Gasteiger partial charge in [0.15, 0.2) is 11.5 Å². The van der Waals surface area contributed by atoms with Gasteiger partial charge in [0.05, 0.1) is 13.7 Å². The molecule has 0 bridgehead atoms. The van der Waals surface area contributed by atoms with Crippen LogP contribution >= 0.6 is 0 Å². The van der Waals surface area contributed by atoms with Crippen molar-refractivity contribution in [3.8, 4) is 11.5 Å². The molecule has 0 saturated carbocycles. The van der Waals surface area contributed by atoms with Gasteiger partial charge in [-0.15, -0.1) is 6.58 Å². The summed E-state index contributed by atoms with van der Waals surface area (Å²) in [5.41, 5.74) is 3.98. The fraction of sp³-hybridized carbons (Fsp3) is 0.429. The lowest BCUT2D eigenvalue weighted by Gasteiger charge is -2.11. The third kappa shape index (κ3) is 7.73. The molecule has 0 atom stereocenters. The molecular weight excluding hydrogens is 284 g/mol. The highest BCUT2D eigenvalue weighted by Crippen LogP contribution is 2.28. The van der Waals surface area contributed by atoms with Crippen LogP contribution in [0, 0.1) is 0 Å². The molecule has 0 aliphatic heterocycles. The third-order valence-electron chi connectivity index (χ3n) is 3.57. The average Bonchev–Trinajstić information content (AvgIpc) is 2.52. The van der Waals surface area contributed by atoms with Crippen LogP contribution in [0.2, 0.25) is 0 Å². The van der Waals surface area contributed by atoms with E-state index in [4.69, 9.17) is 9.47 Å². The fourth-order valence-corrected chi connectivity index (χ4v) is 2.29. The molecule has 0 amide bonds. The van der Waals surface area contributed by atoms with E-state index in [9.17, 15) is 0 Å². The Morgan fingerprint density at radius 2 is 1.87 bits per heavy atom. The molecule has 0 aliphatic rings. The van der Waals surface area contributed by atoms with Gasteiger partial charge in [-0.25, -0.2) is 0 Å². The van der Waals surface area contributed by atoms with E-state index >= 15 is 0 Å². The molecule has 0 spiro atoms. The Hall–Kier alpha value is -1.96. The summed E-state index contributed by atoms with van der Waals surface area (Å²) in [6.07, 6.45) is 10.4. The summed E-state index contributed by atoms with van der Waals surface area (Å²) in [4.78, 5) is 0. The number of rotatable bonds is 10. The van der Waals surface area contributed by atoms with Crippen LogP contribution in [0.4, 0.5) is 0 Å². The summed E-state index contributed by atoms with van der Waals surface area (Å²) in [6, 6.07) is 6.04. The van der Waals surface area contributed by atoms with Crippen molar-refractivity contribution in [3.05, 3.63) is 59.7 Å². The fourth-order valence-electron chi connectivity index (χ4n) is 2.29. The SMILES string of the molecule is C=CCc1ccc(OCCC=C(C)CCC=C(C)C)c(OC)c1. The van der Waals surface area contributed by atoms with Gasteiger partial charge in [-0.3, -0.25) is 0 Å². The Kier molecular flexibility index (Phi) is 8.89. The van der Waals surface area contributed by atoms with E-state index < -0.39 is 0 Å². The van der Waals surface area contributed by atoms with Gasteiger partial charge in [0.1, 0.15) is 0 Å². The lowest BCUT2D eigenvalue weighted by atomic mass is 10.1. The van der Waals surface area contributed by atoms with Crippen molar-refractivity contribution >= 4 is 0 Å². The standard InChI is InChI=1S/C21H30O2/c1-6-9-19-13-14-20(21(16-19)22-5)23-15-8-12-18(4)11-7-10-17(2)3/h6,10,12-14,16H,1,7-9,11,15H2,2-5H3. The minimum absolute atomic E-state index is 0.664. The molecular formula is C21H30O2. The van der Waals surface area contributed by atoms with Gasteiger partial charge >= 0.3 is 0 Å². The smallest absolute Gasteiger partial charge is 0.161 e. The first-order valence-electron chi connectivity index (χ1n) is 8.26. The molecule has 0 heterocycles. The predicted molar refractivity (Wildman–Crippen MR) is 99.4 cm³/mol. The number of methoxy groups -OCH3 is 1. The van der Waals surface area contributed by atoms with Crippen molar-refractivity contribution < 1.29 is 9.47 Å². The molecule has 2 nitrogen and oxygen atoms in total. The predicted octanol–water partition coefficient (Wildman–Crippen LogP) is 5.89. The van der Waals surface area contributed by atoms with Crippen molar-refractivity contribution in [1.82, 2.24) is 0 Å². The van der Waals surface area contributed by atoms with Gasteiger partial charge in [0.25, 0.3) is 0 Å². The minimum Gasteiger partial charge on any atom is -0.493 e. The second-order valence-corrected chi connectivity index (χ2v) is 5.99. The number of benzene rings is 1. The normalized spacial score (nSPS) is 11.0. The summed E-state index contributed by atoms with van der Waals surface area (Å²) in [5.74, 6) is 1.59. The van der Waals surface area contributed by atoms with Crippen LogP contribution in [-0.4, -0.2) is 13.7 Å². The quantitative estimate of drug-likeness (QED) is 0.396. The topological polar surface area (TPSA) is 18.5 Å². The van der Waals surface area contributed by atoms with E-state index in [0.717, 1.165) is 37.2 Å². The van der Waals surface area contributed by atoms with Crippen LogP contribution in [0.5, 0.6) is 11.5 Å². The van der Waals surface area contributed by atoms with Crippen LogP contribution in [0.15, 0.2) is 54.2 Å². The van der Waals surface area contributed by atoms with Crippen molar-refractivity contribution in [3.63, 3.8) is 0 Å². The number of hydrogen-bond acceptors (Lipinski definition) is 2. The number of allylic oxidation sites excluding steroid dienone is 4. The molecule has 1 rings (SSSR count). The maximum Gasteiger partial charge on any atom is 0.161 e. The maximum atomic E-state index is 5.85. The Bertz CT molecular complexity index is 549. The number of ether oxygens (including phenoxy) is 2. The lowest BCUT2D eigenvalue weighted by molar-refractivity contribution is 0.299. The summed E-state index contributed by atoms with van der Waals surface area (Å²) < 4.78 is 11.3. The summed E-state index contributed by atoms with van der Waals surface area (Å²) in [7, 11) is 1.67. The zero-order valence-corrected chi connectivity index (χ0v) is 15.0. The van der Waals surface area contributed by atoms with E-state index in [2.05, 4.69) is 45.6 Å².